The maximum absolute atomic E-state index is 13.1. The van der Waals surface area contributed by atoms with Crippen molar-refractivity contribution in [3.05, 3.63) is 64.9 Å². The molecule has 0 aliphatic heterocycles. The molecule has 0 spiro atoms. The first kappa shape index (κ1) is 17.5. The second-order valence-corrected chi connectivity index (χ2v) is 7.86. The Hall–Kier alpha value is -1.87. The number of sulfonamides is 1. The zero-order valence-corrected chi connectivity index (χ0v) is 14.8. The molecule has 0 aliphatic carbocycles. The van der Waals surface area contributed by atoms with E-state index < -0.39 is 16.1 Å². The fraction of sp³-hybridized carbons (Fsp3) is 0.222. The van der Waals surface area contributed by atoms with E-state index in [9.17, 15) is 8.42 Å². The molecule has 2 aromatic rings. The highest BCUT2D eigenvalue weighted by Crippen LogP contribution is 2.31. The van der Waals surface area contributed by atoms with Gasteiger partial charge in [-0.05, 0) is 37.4 Å². The van der Waals surface area contributed by atoms with Crippen molar-refractivity contribution in [3.8, 4) is 11.8 Å². The summed E-state index contributed by atoms with van der Waals surface area (Å²) in [6.07, 6.45) is 1.65. The predicted molar refractivity (Wildman–Crippen MR) is 95.8 cm³/mol. The second kappa shape index (κ2) is 7.60. The van der Waals surface area contributed by atoms with Gasteiger partial charge in [-0.2, -0.15) is 4.31 Å². The number of benzene rings is 1. The van der Waals surface area contributed by atoms with E-state index in [1.807, 2.05) is 24.4 Å². The van der Waals surface area contributed by atoms with Crippen LogP contribution in [0.2, 0.25) is 0 Å². The lowest BCUT2D eigenvalue weighted by molar-refractivity contribution is 0.406. The molecule has 0 amide bonds. The van der Waals surface area contributed by atoms with Gasteiger partial charge in [0, 0.05) is 4.88 Å². The second-order valence-electron chi connectivity index (χ2n) is 4.99. The molecule has 1 aromatic carbocycles. The summed E-state index contributed by atoms with van der Waals surface area (Å²) in [5, 5.41) is 1.92. The Labute approximate surface area is 142 Å². The summed E-state index contributed by atoms with van der Waals surface area (Å²) in [7, 11) is -3.66. The Kier molecular flexibility index (Phi) is 5.78. The number of rotatable bonds is 6. The Balaban J connectivity index is 2.49. The Morgan fingerprint density at radius 2 is 2.00 bits per heavy atom. The summed E-state index contributed by atoms with van der Waals surface area (Å²) in [5.41, 5.74) is 1.02. The lowest BCUT2D eigenvalue weighted by Gasteiger charge is -2.26. The van der Waals surface area contributed by atoms with E-state index in [4.69, 9.17) is 0 Å². The highest BCUT2D eigenvalue weighted by molar-refractivity contribution is 7.89. The van der Waals surface area contributed by atoms with Crippen molar-refractivity contribution in [1.82, 2.24) is 4.31 Å². The van der Waals surface area contributed by atoms with Gasteiger partial charge < -0.3 is 0 Å². The minimum absolute atomic E-state index is 0.126. The fourth-order valence-electron chi connectivity index (χ4n) is 2.17. The lowest BCUT2D eigenvalue weighted by Crippen LogP contribution is -2.34. The molecule has 1 aromatic heterocycles. The molecule has 0 unspecified atom stereocenters. The number of hydrogen-bond donors (Lipinski definition) is 0. The van der Waals surface area contributed by atoms with Crippen LogP contribution >= 0.6 is 11.3 Å². The topological polar surface area (TPSA) is 37.4 Å². The largest absolute Gasteiger partial charge is 0.244 e. The van der Waals surface area contributed by atoms with E-state index in [2.05, 4.69) is 18.4 Å². The summed E-state index contributed by atoms with van der Waals surface area (Å²) < 4.78 is 27.5. The third kappa shape index (κ3) is 3.91. The molecule has 0 fully saturated rings. The van der Waals surface area contributed by atoms with Crippen molar-refractivity contribution in [3.63, 3.8) is 0 Å². The monoisotopic (exact) mass is 345 g/mol. The van der Waals surface area contributed by atoms with Gasteiger partial charge in [-0.3, -0.25) is 0 Å². The van der Waals surface area contributed by atoms with E-state index in [1.54, 1.807) is 37.3 Å². The van der Waals surface area contributed by atoms with Gasteiger partial charge in [0.05, 0.1) is 17.5 Å². The summed E-state index contributed by atoms with van der Waals surface area (Å²) in [6, 6.07) is 10.2. The zero-order chi connectivity index (χ0) is 16.9. The number of nitrogens with zero attached hydrogens (tertiary/aromatic N) is 1. The van der Waals surface area contributed by atoms with Crippen LogP contribution in [0.25, 0.3) is 0 Å². The molecule has 0 saturated heterocycles. The molecule has 0 aliphatic rings. The van der Waals surface area contributed by atoms with E-state index in [0.29, 0.717) is 0 Å². The number of hydrogen-bond acceptors (Lipinski definition) is 3. The molecule has 0 bridgehead atoms. The molecule has 23 heavy (non-hydrogen) atoms. The van der Waals surface area contributed by atoms with Crippen LogP contribution in [-0.4, -0.2) is 19.3 Å². The van der Waals surface area contributed by atoms with Crippen molar-refractivity contribution >= 4 is 21.4 Å². The molecule has 2 rings (SSSR count). The minimum Gasteiger partial charge on any atom is -0.207 e. The van der Waals surface area contributed by atoms with Crippen LogP contribution in [0.5, 0.6) is 0 Å². The van der Waals surface area contributed by atoms with Gasteiger partial charge in [0.2, 0.25) is 10.0 Å². The molecule has 3 nitrogen and oxygen atoms in total. The van der Waals surface area contributed by atoms with E-state index in [0.717, 1.165) is 10.4 Å². The van der Waals surface area contributed by atoms with Gasteiger partial charge in [-0.1, -0.05) is 35.8 Å². The highest BCUT2D eigenvalue weighted by atomic mass is 32.2. The average Bonchev–Trinajstić information content (AvgIpc) is 3.05. The molecule has 1 atom stereocenters. The third-order valence-electron chi connectivity index (χ3n) is 3.41. The normalized spacial score (nSPS) is 12.5. The fourth-order valence-corrected chi connectivity index (χ4v) is 4.56. The number of aryl methyl sites for hydroxylation is 1. The first-order valence-electron chi connectivity index (χ1n) is 7.14. The standard InChI is InChI=1S/C18H19NO2S2/c1-4-6-13-19(17(5-2)18-8-7-14-22-18)23(20,21)16-11-9-15(3)10-12-16/h5,7-12,14,17H,2,13H2,1,3H3/t17-/m0/s1. The van der Waals surface area contributed by atoms with Crippen LogP contribution in [0.15, 0.2) is 59.3 Å². The Morgan fingerprint density at radius 3 is 2.52 bits per heavy atom. The summed E-state index contributed by atoms with van der Waals surface area (Å²) >= 11 is 1.51. The molecule has 120 valence electrons. The van der Waals surface area contributed by atoms with Crippen molar-refractivity contribution in [2.24, 2.45) is 0 Å². The molecule has 0 saturated carbocycles. The molecule has 0 radical (unpaired) electrons. The van der Waals surface area contributed by atoms with Gasteiger partial charge >= 0.3 is 0 Å². The third-order valence-corrected chi connectivity index (χ3v) is 6.19. The van der Waals surface area contributed by atoms with Crippen LogP contribution in [0, 0.1) is 18.8 Å². The van der Waals surface area contributed by atoms with Gasteiger partial charge in [-0.15, -0.1) is 23.8 Å². The number of thiophene rings is 1. The first-order chi connectivity index (χ1) is 11.0. The van der Waals surface area contributed by atoms with Gasteiger partial charge in [0.15, 0.2) is 0 Å². The van der Waals surface area contributed by atoms with Crippen molar-refractivity contribution in [2.45, 2.75) is 24.8 Å². The Morgan fingerprint density at radius 1 is 1.30 bits per heavy atom. The van der Waals surface area contributed by atoms with Gasteiger partial charge in [-0.25, -0.2) is 8.42 Å². The minimum atomic E-state index is -3.66. The van der Waals surface area contributed by atoms with Gasteiger partial charge in [0.1, 0.15) is 0 Å². The smallest absolute Gasteiger partial charge is 0.207 e. The predicted octanol–water partition coefficient (Wildman–Crippen LogP) is 4.00. The van der Waals surface area contributed by atoms with E-state index >= 15 is 0 Å². The van der Waals surface area contributed by atoms with Crippen LogP contribution < -0.4 is 0 Å². The lowest BCUT2D eigenvalue weighted by atomic mass is 10.2. The van der Waals surface area contributed by atoms with Crippen molar-refractivity contribution in [2.75, 3.05) is 6.54 Å². The maximum atomic E-state index is 13.1. The quantitative estimate of drug-likeness (QED) is 0.586. The molecule has 1 heterocycles. The summed E-state index contributed by atoms with van der Waals surface area (Å²) in [5.74, 6) is 5.63. The first-order valence-corrected chi connectivity index (χ1v) is 9.46. The van der Waals surface area contributed by atoms with Crippen LogP contribution in [0.3, 0.4) is 0 Å². The van der Waals surface area contributed by atoms with E-state index in [1.165, 1.54) is 15.6 Å². The molecular weight excluding hydrogens is 326 g/mol. The molecule has 0 N–H and O–H groups in total. The van der Waals surface area contributed by atoms with Crippen LogP contribution in [-0.2, 0) is 10.0 Å². The summed E-state index contributed by atoms with van der Waals surface area (Å²) in [4.78, 5) is 1.19. The SMILES string of the molecule is C=C[C@@H](c1cccs1)N(CC#CC)S(=O)(=O)c1ccc(C)cc1. The van der Waals surface area contributed by atoms with Crippen molar-refractivity contribution in [1.29, 1.82) is 0 Å². The van der Waals surface area contributed by atoms with Crippen LogP contribution in [0.4, 0.5) is 0 Å². The highest BCUT2D eigenvalue weighted by Gasteiger charge is 2.30. The molecule has 5 heteroatoms. The van der Waals surface area contributed by atoms with Crippen LogP contribution in [0.1, 0.15) is 23.4 Å². The zero-order valence-electron chi connectivity index (χ0n) is 13.2. The molecular formula is C18H19NO2S2. The average molecular weight is 345 g/mol. The van der Waals surface area contributed by atoms with E-state index in [-0.39, 0.29) is 11.4 Å². The Bertz CT molecular complexity index is 810. The van der Waals surface area contributed by atoms with Gasteiger partial charge in [0.25, 0.3) is 0 Å². The maximum Gasteiger partial charge on any atom is 0.244 e. The van der Waals surface area contributed by atoms with Crippen molar-refractivity contribution < 1.29 is 8.42 Å². The summed E-state index contributed by atoms with van der Waals surface area (Å²) in [6.45, 7) is 7.57.